The number of rotatable bonds is 4. The van der Waals surface area contributed by atoms with Crippen LogP contribution >= 0.6 is 36.2 Å². The van der Waals surface area contributed by atoms with Crippen LogP contribution < -0.4 is 10.6 Å². The number of likely N-dealkylation sites (N-methyl/N-ethyl adjacent to an activating group) is 1. The molecule has 0 aliphatic carbocycles. The molecule has 0 aromatic carbocycles. The van der Waals surface area contributed by atoms with Crippen molar-refractivity contribution in [3.8, 4) is 0 Å². The van der Waals surface area contributed by atoms with E-state index < -0.39 is 5.54 Å². The van der Waals surface area contributed by atoms with Crippen molar-refractivity contribution in [1.82, 2.24) is 25.0 Å². The van der Waals surface area contributed by atoms with Crippen LogP contribution in [0.5, 0.6) is 0 Å². The monoisotopic (exact) mass is 432 g/mol. The summed E-state index contributed by atoms with van der Waals surface area (Å²) in [5.74, 6) is -0.00357. The summed E-state index contributed by atoms with van der Waals surface area (Å²) in [6.07, 6.45) is 6.05. The van der Waals surface area contributed by atoms with E-state index in [1.807, 2.05) is 16.9 Å². The van der Waals surface area contributed by atoms with Crippen LogP contribution in [0.4, 0.5) is 5.13 Å². The normalized spacial score (nSPS) is 18.7. The molecule has 2 N–H and O–H groups in total. The van der Waals surface area contributed by atoms with Gasteiger partial charge in [-0.05, 0) is 38.5 Å². The van der Waals surface area contributed by atoms with Crippen molar-refractivity contribution in [2.75, 3.05) is 31.5 Å². The quantitative estimate of drug-likeness (QED) is 0.774. The third-order valence-electron chi connectivity index (χ3n) is 5.27. The summed E-state index contributed by atoms with van der Waals surface area (Å²) in [5.41, 5.74) is 0.513. The predicted molar refractivity (Wildman–Crippen MR) is 112 cm³/mol. The van der Waals surface area contributed by atoms with Crippen LogP contribution in [0.3, 0.4) is 0 Å². The van der Waals surface area contributed by atoms with E-state index >= 15 is 0 Å². The smallest absolute Gasteiger partial charge is 0.254 e. The lowest BCUT2D eigenvalue weighted by atomic mass is 9.87. The van der Waals surface area contributed by atoms with Gasteiger partial charge in [0.25, 0.3) is 5.91 Å². The molecule has 0 saturated carbocycles. The molecule has 1 amide bonds. The van der Waals surface area contributed by atoms with Crippen molar-refractivity contribution in [2.45, 2.75) is 38.3 Å². The van der Waals surface area contributed by atoms with E-state index in [1.54, 1.807) is 17.5 Å². The number of hydrogen-bond donors (Lipinski definition) is 2. The van der Waals surface area contributed by atoms with E-state index in [0.29, 0.717) is 0 Å². The highest BCUT2D eigenvalue weighted by atomic mass is 35.5. The number of halogens is 2. The van der Waals surface area contributed by atoms with Crippen molar-refractivity contribution in [3.05, 3.63) is 29.0 Å². The molecule has 0 radical (unpaired) electrons. The fourth-order valence-electron chi connectivity index (χ4n) is 3.71. The first-order valence-corrected chi connectivity index (χ1v) is 9.76. The zero-order valence-electron chi connectivity index (χ0n) is 15.3. The van der Waals surface area contributed by atoms with E-state index in [4.69, 9.17) is 0 Å². The molecule has 0 bridgehead atoms. The Kier molecular flexibility index (Phi) is 7.64. The summed E-state index contributed by atoms with van der Waals surface area (Å²) < 4.78 is 1.81. The highest BCUT2D eigenvalue weighted by Crippen LogP contribution is 2.32. The molecule has 0 unspecified atom stereocenters. The Hall–Kier alpha value is -1.19. The molecule has 2 aliphatic heterocycles. The third-order valence-corrected chi connectivity index (χ3v) is 6.27. The van der Waals surface area contributed by atoms with Crippen molar-refractivity contribution >= 4 is 47.2 Å². The first-order valence-electron chi connectivity index (χ1n) is 8.94. The van der Waals surface area contributed by atoms with Crippen LogP contribution in [-0.4, -0.2) is 51.8 Å². The second-order valence-corrected chi connectivity index (χ2v) is 7.78. The number of piperidine rings is 1. The SMILES string of the molecule is CCN1CCc2nc(NC(=O)C3(n4cccn4)CCNCC3)sc2C1.Cl.Cl. The van der Waals surface area contributed by atoms with Gasteiger partial charge in [0.2, 0.25) is 0 Å². The third kappa shape index (κ3) is 4.30. The average Bonchev–Trinajstić information content (AvgIpc) is 3.31. The number of aromatic nitrogens is 3. The van der Waals surface area contributed by atoms with Crippen LogP contribution in [0.15, 0.2) is 18.5 Å². The van der Waals surface area contributed by atoms with Crippen molar-refractivity contribution in [2.24, 2.45) is 0 Å². The predicted octanol–water partition coefficient (Wildman–Crippen LogP) is 2.28. The maximum Gasteiger partial charge on any atom is 0.254 e. The Labute approximate surface area is 175 Å². The lowest BCUT2D eigenvalue weighted by Gasteiger charge is -2.36. The van der Waals surface area contributed by atoms with Gasteiger partial charge in [0.15, 0.2) is 5.13 Å². The minimum absolute atomic E-state index is 0. The lowest BCUT2D eigenvalue weighted by Crippen LogP contribution is -2.52. The topological polar surface area (TPSA) is 75.1 Å². The highest BCUT2D eigenvalue weighted by Gasteiger charge is 2.42. The second kappa shape index (κ2) is 9.34. The highest BCUT2D eigenvalue weighted by molar-refractivity contribution is 7.15. The van der Waals surface area contributed by atoms with Crippen LogP contribution in [-0.2, 0) is 23.3 Å². The molecule has 0 atom stereocenters. The van der Waals surface area contributed by atoms with E-state index in [0.717, 1.165) is 62.8 Å². The Morgan fingerprint density at radius 3 is 2.81 bits per heavy atom. The molecule has 0 spiro atoms. The molecule has 2 aromatic rings. The Morgan fingerprint density at radius 2 is 2.15 bits per heavy atom. The molecule has 150 valence electrons. The van der Waals surface area contributed by atoms with E-state index in [1.165, 1.54) is 4.88 Å². The van der Waals surface area contributed by atoms with Gasteiger partial charge in [0, 0.05) is 36.8 Å². The van der Waals surface area contributed by atoms with Crippen molar-refractivity contribution in [3.63, 3.8) is 0 Å². The fraction of sp³-hybridized carbons (Fsp3) is 0.588. The number of hydrogen-bond acceptors (Lipinski definition) is 6. The first kappa shape index (κ1) is 22.1. The first-order chi connectivity index (χ1) is 12.2. The van der Waals surface area contributed by atoms with Gasteiger partial charge in [0.1, 0.15) is 5.54 Å². The minimum atomic E-state index is -0.629. The van der Waals surface area contributed by atoms with Crippen LogP contribution in [0.25, 0.3) is 0 Å². The van der Waals surface area contributed by atoms with Gasteiger partial charge in [0.05, 0.1) is 5.69 Å². The number of thiazole rings is 1. The van der Waals surface area contributed by atoms with E-state index in [2.05, 4.69) is 32.5 Å². The molecular formula is C17H26Cl2N6OS. The Morgan fingerprint density at radius 1 is 1.37 bits per heavy atom. The van der Waals surface area contributed by atoms with Crippen molar-refractivity contribution in [1.29, 1.82) is 0 Å². The molecular weight excluding hydrogens is 407 g/mol. The lowest BCUT2D eigenvalue weighted by molar-refractivity contribution is -0.126. The molecule has 4 heterocycles. The van der Waals surface area contributed by atoms with Gasteiger partial charge < -0.3 is 5.32 Å². The molecule has 4 rings (SSSR count). The van der Waals surface area contributed by atoms with Gasteiger partial charge >= 0.3 is 0 Å². The maximum atomic E-state index is 13.2. The standard InChI is InChI=1S/C17H24N6OS.2ClH/c1-2-22-11-4-13-14(12-22)25-16(20-13)21-15(24)17(5-8-18-9-6-17)23-10-3-7-19-23;;/h3,7,10,18H,2,4-6,8-9,11-12H2,1H3,(H,20,21,24);2*1H. The molecule has 2 aromatic heterocycles. The van der Waals surface area contributed by atoms with Crippen LogP contribution in [0, 0.1) is 0 Å². The molecule has 2 aliphatic rings. The molecule has 27 heavy (non-hydrogen) atoms. The van der Waals surface area contributed by atoms with Gasteiger partial charge in [-0.3, -0.25) is 19.7 Å². The molecule has 1 fully saturated rings. The van der Waals surface area contributed by atoms with Crippen LogP contribution in [0.1, 0.15) is 30.3 Å². The fourth-order valence-corrected chi connectivity index (χ4v) is 4.75. The van der Waals surface area contributed by atoms with E-state index in [9.17, 15) is 4.79 Å². The van der Waals surface area contributed by atoms with Crippen molar-refractivity contribution < 1.29 is 4.79 Å². The van der Waals surface area contributed by atoms with Gasteiger partial charge in [-0.1, -0.05) is 6.92 Å². The molecule has 10 heteroatoms. The number of anilines is 1. The zero-order chi connectivity index (χ0) is 17.3. The number of carbonyl (C=O) groups excluding carboxylic acids is 1. The maximum absolute atomic E-state index is 13.2. The molecule has 7 nitrogen and oxygen atoms in total. The minimum Gasteiger partial charge on any atom is -0.317 e. The van der Waals surface area contributed by atoms with Gasteiger partial charge in [-0.25, -0.2) is 4.98 Å². The second-order valence-electron chi connectivity index (χ2n) is 6.69. The largest absolute Gasteiger partial charge is 0.317 e. The number of amides is 1. The summed E-state index contributed by atoms with van der Waals surface area (Å²) in [6.45, 7) is 6.84. The van der Waals surface area contributed by atoms with E-state index in [-0.39, 0.29) is 30.7 Å². The summed E-state index contributed by atoms with van der Waals surface area (Å²) >= 11 is 1.61. The number of nitrogens with one attached hydrogen (secondary N) is 2. The summed E-state index contributed by atoms with van der Waals surface area (Å²) in [7, 11) is 0. The summed E-state index contributed by atoms with van der Waals surface area (Å²) in [6, 6.07) is 1.87. The van der Waals surface area contributed by atoms with Gasteiger partial charge in [-0.15, -0.1) is 36.2 Å². The summed E-state index contributed by atoms with van der Waals surface area (Å²) in [4.78, 5) is 21.5. The number of fused-ring (bicyclic) bond motifs is 1. The summed E-state index contributed by atoms with van der Waals surface area (Å²) in [5, 5.41) is 11.5. The Balaban J connectivity index is 0.00000131. The Bertz CT molecular complexity index is 745. The number of nitrogens with zero attached hydrogens (tertiary/aromatic N) is 4. The number of carbonyl (C=O) groups is 1. The average molecular weight is 433 g/mol. The molecule has 1 saturated heterocycles. The van der Waals surface area contributed by atoms with Gasteiger partial charge in [-0.2, -0.15) is 5.10 Å². The van der Waals surface area contributed by atoms with Crippen LogP contribution in [0.2, 0.25) is 0 Å². The zero-order valence-corrected chi connectivity index (χ0v) is 17.8.